The summed E-state index contributed by atoms with van der Waals surface area (Å²) in [6.07, 6.45) is 1.05. The molecule has 106 valence electrons. The lowest BCUT2D eigenvalue weighted by Crippen LogP contribution is -2.85. The minimum Gasteiger partial charge on any atom is -0.354 e. The molecule has 1 amide bonds. The van der Waals surface area contributed by atoms with E-state index < -0.39 is 0 Å². The molecule has 1 aromatic heterocycles. The molecule has 0 aliphatic heterocycles. The Balaban J connectivity index is 1.95. The van der Waals surface area contributed by atoms with Gasteiger partial charge in [-0.05, 0) is 12.0 Å². The fourth-order valence-electron chi connectivity index (χ4n) is 1.87. The third-order valence-corrected chi connectivity index (χ3v) is 4.06. The molecule has 0 saturated carbocycles. The first kappa shape index (κ1) is 14.7. The predicted molar refractivity (Wildman–Crippen MR) is 81.5 cm³/mol. The summed E-state index contributed by atoms with van der Waals surface area (Å²) in [4.78, 5) is 15.7. The van der Waals surface area contributed by atoms with Gasteiger partial charge in [-0.25, -0.2) is 4.98 Å². The van der Waals surface area contributed by atoms with Crippen LogP contribution >= 0.6 is 11.3 Å². The number of aromatic nitrogens is 1. The van der Waals surface area contributed by atoms with Crippen LogP contribution in [0.4, 0.5) is 0 Å². The number of rotatable bonds is 6. The summed E-state index contributed by atoms with van der Waals surface area (Å²) in [6, 6.07) is 8.54. The average molecular weight is 290 g/mol. The van der Waals surface area contributed by atoms with E-state index in [-0.39, 0.29) is 5.91 Å². The first-order valence-corrected chi connectivity index (χ1v) is 7.67. The van der Waals surface area contributed by atoms with Gasteiger partial charge in [-0.1, -0.05) is 31.2 Å². The second-order valence-electron chi connectivity index (χ2n) is 4.56. The molecule has 0 bridgehead atoms. The number of hydrogen-bond donors (Lipinski definition) is 2. The number of carbonyl (C=O) groups is 1. The number of carbonyl (C=O) groups excluding carboxylic acids is 1. The van der Waals surface area contributed by atoms with Crippen LogP contribution in [0.25, 0.3) is 10.6 Å². The van der Waals surface area contributed by atoms with Gasteiger partial charge in [0.15, 0.2) is 6.54 Å². The van der Waals surface area contributed by atoms with Crippen molar-refractivity contribution in [3.63, 3.8) is 0 Å². The summed E-state index contributed by atoms with van der Waals surface area (Å²) in [6.45, 7) is 3.32. The smallest absolute Gasteiger partial charge is 0.274 e. The van der Waals surface area contributed by atoms with Crippen LogP contribution in [0.15, 0.2) is 29.6 Å². The van der Waals surface area contributed by atoms with Crippen molar-refractivity contribution in [3.8, 4) is 10.6 Å². The van der Waals surface area contributed by atoms with E-state index in [1.807, 2.05) is 5.32 Å². The van der Waals surface area contributed by atoms with Crippen molar-refractivity contribution < 1.29 is 10.1 Å². The van der Waals surface area contributed by atoms with Crippen LogP contribution in [0, 0.1) is 0 Å². The lowest BCUT2D eigenvalue weighted by atomic mass is 10.1. The summed E-state index contributed by atoms with van der Waals surface area (Å²) in [5.74, 6) is 0.0376. The highest BCUT2D eigenvalue weighted by Gasteiger charge is 2.07. The summed E-state index contributed by atoms with van der Waals surface area (Å²) in [5, 5.41) is 7.66. The van der Waals surface area contributed by atoms with Crippen LogP contribution in [-0.2, 0) is 17.8 Å². The van der Waals surface area contributed by atoms with E-state index in [4.69, 9.17) is 0 Å². The van der Waals surface area contributed by atoms with Gasteiger partial charge in [-0.3, -0.25) is 4.79 Å². The van der Waals surface area contributed by atoms with Crippen molar-refractivity contribution in [1.29, 1.82) is 0 Å². The maximum absolute atomic E-state index is 11.1. The third-order valence-electron chi connectivity index (χ3n) is 3.12. The van der Waals surface area contributed by atoms with Gasteiger partial charge in [-0.15, -0.1) is 11.3 Å². The summed E-state index contributed by atoms with van der Waals surface area (Å²) in [7, 11) is 1.65. The van der Waals surface area contributed by atoms with Crippen LogP contribution in [0.1, 0.15) is 18.2 Å². The Morgan fingerprint density at radius 1 is 1.35 bits per heavy atom. The maximum atomic E-state index is 11.1. The molecule has 3 N–H and O–H groups in total. The topological polar surface area (TPSA) is 58.6 Å². The fraction of sp³-hybridized carbons (Fsp3) is 0.333. The minimum absolute atomic E-state index is 0.0376. The number of quaternary nitrogens is 1. The monoisotopic (exact) mass is 290 g/mol. The van der Waals surface area contributed by atoms with E-state index in [1.165, 1.54) is 5.56 Å². The van der Waals surface area contributed by atoms with Crippen molar-refractivity contribution in [3.05, 3.63) is 40.9 Å². The van der Waals surface area contributed by atoms with Crippen LogP contribution in [0.3, 0.4) is 0 Å². The second-order valence-corrected chi connectivity index (χ2v) is 5.42. The standard InChI is InChI=1S/C15H19N3OS/c1-3-11-4-6-12(7-5-11)15-18-13(10-20-15)8-17-9-14(19)16-2/h4-7,10,17H,3,8-9H2,1-2H3,(H,16,19)/p+1. The maximum Gasteiger partial charge on any atom is 0.274 e. The quantitative estimate of drug-likeness (QED) is 0.839. The summed E-state index contributed by atoms with van der Waals surface area (Å²) in [5.41, 5.74) is 3.52. The highest BCUT2D eigenvalue weighted by Crippen LogP contribution is 2.23. The van der Waals surface area contributed by atoms with Gasteiger partial charge < -0.3 is 10.6 Å². The van der Waals surface area contributed by atoms with Crippen LogP contribution in [-0.4, -0.2) is 24.5 Å². The SMILES string of the molecule is CCc1ccc(-c2nc(C[NH2+]CC(=O)NC)cs2)cc1. The van der Waals surface area contributed by atoms with Gasteiger partial charge in [0.1, 0.15) is 17.2 Å². The van der Waals surface area contributed by atoms with E-state index in [2.05, 4.69) is 46.9 Å². The van der Waals surface area contributed by atoms with Crippen LogP contribution in [0.5, 0.6) is 0 Å². The third kappa shape index (κ3) is 3.88. The van der Waals surface area contributed by atoms with Crippen molar-refractivity contribution in [1.82, 2.24) is 10.3 Å². The molecule has 4 nitrogen and oxygen atoms in total. The van der Waals surface area contributed by atoms with Gasteiger partial charge in [0.25, 0.3) is 5.91 Å². The van der Waals surface area contributed by atoms with Crippen molar-refractivity contribution in [2.75, 3.05) is 13.6 Å². The Bertz CT molecular complexity index is 563. The summed E-state index contributed by atoms with van der Waals surface area (Å²) >= 11 is 1.65. The first-order valence-electron chi connectivity index (χ1n) is 6.79. The van der Waals surface area contributed by atoms with E-state index in [9.17, 15) is 4.79 Å². The highest BCUT2D eigenvalue weighted by atomic mass is 32.1. The Labute approximate surface area is 123 Å². The lowest BCUT2D eigenvalue weighted by Gasteiger charge is -1.99. The molecule has 0 fully saturated rings. The Morgan fingerprint density at radius 2 is 2.10 bits per heavy atom. The molecule has 0 atom stereocenters. The fourth-order valence-corrected chi connectivity index (χ4v) is 2.71. The van der Waals surface area contributed by atoms with Gasteiger partial charge in [0.05, 0.1) is 0 Å². The molecule has 1 aromatic carbocycles. The molecule has 0 unspecified atom stereocenters. The summed E-state index contributed by atoms with van der Waals surface area (Å²) < 4.78 is 0. The number of benzene rings is 1. The Kier molecular flexibility index (Phi) is 5.26. The molecule has 0 aliphatic rings. The molecule has 1 heterocycles. The molecule has 2 aromatic rings. The lowest BCUT2D eigenvalue weighted by molar-refractivity contribution is -0.660. The molecular weight excluding hydrogens is 270 g/mol. The number of likely N-dealkylation sites (N-methyl/N-ethyl adjacent to an activating group) is 1. The van der Waals surface area contributed by atoms with Gasteiger partial charge >= 0.3 is 0 Å². The molecule has 2 rings (SSSR count). The zero-order valence-corrected chi connectivity index (χ0v) is 12.7. The zero-order chi connectivity index (χ0) is 14.4. The number of hydrogen-bond acceptors (Lipinski definition) is 3. The van der Waals surface area contributed by atoms with Gasteiger partial charge in [-0.2, -0.15) is 0 Å². The van der Waals surface area contributed by atoms with E-state index in [1.54, 1.807) is 18.4 Å². The Morgan fingerprint density at radius 3 is 2.75 bits per heavy atom. The van der Waals surface area contributed by atoms with Gasteiger partial charge in [0.2, 0.25) is 0 Å². The van der Waals surface area contributed by atoms with E-state index in [0.29, 0.717) is 6.54 Å². The van der Waals surface area contributed by atoms with Gasteiger partial charge in [0, 0.05) is 18.0 Å². The number of thiazole rings is 1. The number of nitrogens with one attached hydrogen (secondary N) is 1. The van der Waals surface area contributed by atoms with E-state index in [0.717, 1.165) is 29.2 Å². The highest BCUT2D eigenvalue weighted by molar-refractivity contribution is 7.13. The number of aryl methyl sites for hydroxylation is 1. The molecule has 5 heteroatoms. The second kappa shape index (κ2) is 7.17. The van der Waals surface area contributed by atoms with Crippen LogP contribution < -0.4 is 10.6 Å². The molecule has 0 spiro atoms. The van der Waals surface area contributed by atoms with Crippen molar-refractivity contribution in [2.24, 2.45) is 0 Å². The number of nitrogens with zero attached hydrogens (tertiary/aromatic N) is 1. The first-order chi connectivity index (χ1) is 9.72. The Hall–Kier alpha value is -1.72. The van der Waals surface area contributed by atoms with Crippen LogP contribution in [0.2, 0.25) is 0 Å². The van der Waals surface area contributed by atoms with Crippen molar-refractivity contribution in [2.45, 2.75) is 19.9 Å². The average Bonchev–Trinajstić information content (AvgIpc) is 2.96. The predicted octanol–water partition coefficient (Wildman–Crippen LogP) is 1.18. The number of amides is 1. The zero-order valence-electron chi connectivity index (χ0n) is 11.8. The molecular formula is C15H20N3OS+. The largest absolute Gasteiger partial charge is 0.354 e. The number of nitrogens with two attached hydrogens (primary N) is 1. The van der Waals surface area contributed by atoms with Crippen molar-refractivity contribution >= 4 is 17.2 Å². The molecule has 0 aliphatic carbocycles. The molecule has 0 radical (unpaired) electrons. The normalized spacial score (nSPS) is 10.5. The molecule has 20 heavy (non-hydrogen) atoms. The van der Waals surface area contributed by atoms with E-state index >= 15 is 0 Å². The molecule has 0 saturated heterocycles. The minimum atomic E-state index is 0.0376.